The lowest BCUT2D eigenvalue weighted by atomic mass is 9.74. The van der Waals surface area contributed by atoms with Gasteiger partial charge < -0.3 is 4.74 Å². The lowest BCUT2D eigenvalue weighted by Gasteiger charge is -2.56. The van der Waals surface area contributed by atoms with Gasteiger partial charge in [-0.2, -0.15) is 4.31 Å². The van der Waals surface area contributed by atoms with Gasteiger partial charge in [-0.3, -0.25) is 15.1 Å². The molecule has 3 unspecified atom stereocenters. The van der Waals surface area contributed by atoms with Gasteiger partial charge in [-0.25, -0.2) is 8.42 Å². The summed E-state index contributed by atoms with van der Waals surface area (Å²) >= 11 is 0. The second-order valence-electron chi connectivity index (χ2n) is 11.0. The van der Waals surface area contributed by atoms with Crippen molar-refractivity contribution < 1.29 is 13.2 Å². The molecule has 0 aliphatic carbocycles. The van der Waals surface area contributed by atoms with Gasteiger partial charge in [0.2, 0.25) is 10.0 Å². The van der Waals surface area contributed by atoms with Gasteiger partial charge in [0, 0.05) is 51.3 Å². The van der Waals surface area contributed by atoms with Crippen LogP contribution in [0.2, 0.25) is 0 Å². The Balaban J connectivity index is 1.42. The summed E-state index contributed by atoms with van der Waals surface area (Å²) in [5.74, 6) is 0.203. The Morgan fingerprint density at radius 1 is 1.05 bits per heavy atom. The smallest absolute Gasteiger partial charge is 0.232 e. The van der Waals surface area contributed by atoms with Crippen molar-refractivity contribution in [3.05, 3.63) is 71.3 Å². The molecular weight excluding hydrogens is 496 g/mol. The summed E-state index contributed by atoms with van der Waals surface area (Å²) < 4.78 is 35.1. The van der Waals surface area contributed by atoms with Crippen LogP contribution < -0.4 is 5.32 Å². The molecule has 2 aromatic rings. The van der Waals surface area contributed by atoms with Gasteiger partial charge in [0.25, 0.3) is 0 Å². The van der Waals surface area contributed by atoms with Crippen LogP contribution in [0.1, 0.15) is 36.0 Å². The maximum atomic E-state index is 13.9. The molecule has 0 bridgehead atoms. The van der Waals surface area contributed by atoms with Crippen molar-refractivity contribution in [2.45, 2.75) is 56.7 Å². The molecule has 5 atom stereocenters. The standard InChI is InChI=1S/C30H42N4O3S/c1-6-28-31-18-29(32(28)4)38(35,36)33-16-7-8-17-34-26(19-33)30(27(34)20-37-5)24-14-12-23(13-15-24)25-11-9-10-21(2)22(25)3/h7-15,26-31H,6,16-20H2,1-5H3/b8-7-/t26-,27?,28?,29?,30-/m0/s1. The minimum Gasteiger partial charge on any atom is -0.383 e. The Labute approximate surface area is 228 Å². The third-order valence-electron chi connectivity index (χ3n) is 8.98. The number of aryl methyl sites for hydroxylation is 1. The first-order valence-electron chi connectivity index (χ1n) is 13.8. The number of fused-ring (bicyclic) bond motifs is 1. The third-order valence-corrected chi connectivity index (χ3v) is 11.2. The fraction of sp³-hybridized carbons (Fsp3) is 0.533. The van der Waals surface area contributed by atoms with Crippen LogP contribution in [0.4, 0.5) is 0 Å². The third kappa shape index (κ3) is 4.87. The van der Waals surface area contributed by atoms with E-state index < -0.39 is 15.4 Å². The molecule has 5 rings (SSSR count). The Morgan fingerprint density at radius 3 is 2.47 bits per heavy atom. The van der Waals surface area contributed by atoms with Gasteiger partial charge in [-0.1, -0.05) is 61.5 Å². The molecule has 38 heavy (non-hydrogen) atoms. The minimum absolute atomic E-state index is 0.0923. The topological polar surface area (TPSA) is 65.1 Å². The van der Waals surface area contributed by atoms with Crippen molar-refractivity contribution in [3.63, 3.8) is 0 Å². The van der Waals surface area contributed by atoms with Crippen molar-refractivity contribution in [3.8, 4) is 11.1 Å². The van der Waals surface area contributed by atoms with Crippen LogP contribution in [0.25, 0.3) is 11.1 Å². The number of ether oxygens (including phenoxy) is 1. The molecule has 0 amide bonds. The first kappa shape index (κ1) is 27.5. The zero-order valence-electron chi connectivity index (χ0n) is 23.3. The summed E-state index contributed by atoms with van der Waals surface area (Å²) in [6.45, 7) is 9.20. The number of hydrogen-bond acceptors (Lipinski definition) is 6. The lowest BCUT2D eigenvalue weighted by molar-refractivity contribution is -0.0509. The maximum absolute atomic E-state index is 13.9. The molecule has 2 aromatic carbocycles. The summed E-state index contributed by atoms with van der Waals surface area (Å²) in [6, 6.07) is 15.6. The quantitative estimate of drug-likeness (QED) is 0.544. The second kappa shape index (κ2) is 11.2. The van der Waals surface area contributed by atoms with E-state index in [1.807, 2.05) is 18.0 Å². The van der Waals surface area contributed by atoms with Crippen LogP contribution in [-0.2, 0) is 14.8 Å². The largest absolute Gasteiger partial charge is 0.383 e. The number of rotatable bonds is 7. The average molecular weight is 539 g/mol. The Bertz CT molecular complexity index is 1260. The monoisotopic (exact) mass is 538 g/mol. The lowest BCUT2D eigenvalue weighted by Crippen LogP contribution is -2.68. The molecule has 2 saturated heterocycles. The van der Waals surface area contributed by atoms with Gasteiger partial charge in [0.05, 0.1) is 12.8 Å². The molecule has 7 nitrogen and oxygen atoms in total. The van der Waals surface area contributed by atoms with E-state index in [1.165, 1.54) is 27.8 Å². The van der Waals surface area contributed by atoms with Gasteiger partial charge in [-0.05, 0) is 55.1 Å². The van der Waals surface area contributed by atoms with Crippen LogP contribution in [0.15, 0.2) is 54.6 Å². The highest BCUT2D eigenvalue weighted by Crippen LogP contribution is 2.43. The number of likely N-dealkylation sites (N-methyl/N-ethyl adjacent to an activating group) is 1. The number of hydrogen-bond donors (Lipinski definition) is 1. The Kier molecular flexibility index (Phi) is 8.10. The number of benzene rings is 2. The van der Waals surface area contributed by atoms with E-state index in [4.69, 9.17) is 4.74 Å². The van der Waals surface area contributed by atoms with Gasteiger partial charge in [0.15, 0.2) is 0 Å². The van der Waals surface area contributed by atoms with Crippen LogP contribution in [0.3, 0.4) is 0 Å². The van der Waals surface area contributed by atoms with E-state index in [-0.39, 0.29) is 24.2 Å². The second-order valence-corrected chi connectivity index (χ2v) is 13.1. The molecule has 3 heterocycles. The van der Waals surface area contributed by atoms with Crippen molar-refractivity contribution in [2.75, 3.05) is 46.9 Å². The maximum Gasteiger partial charge on any atom is 0.232 e. The first-order valence-corrected chi connectivity index (χ1v) is 15.3. The van der Waals surface area contributed by atoms with E-state index in [0.29, 0.717) is 26.2 Å². The predicted molar refractivity (Wildman–Crippen MR) is 154 cm³/mol. The molecule has 8 heteroatoms. The normalized spacial score (nSPS) is 29.9. The molecule has 0 aromatic heterocycles. The highest BCUT2D eigenvalue weighted by Gasteiger charge is 2.51. The molecule has 0 radical (unpaired) electrons. The molecule has 1 N–H and O–H groups in total. The molecule has 3 aliphatic rings. The van der Waals surface area contributed by atoms with Crippen LogP contribution >= 0.6 is 0 Å². The van der Waals surface area contributed by atoms with Crippen molar-refractivity contribution >= 4 is 10.0 Å². The highest BCUT2D eigenvalue weighted by molar-refractivity contribution is 7.89. The predicted octanol–water partition coefficient (Wildman–Crippen LogP) is 3.55. The average Bonchev–Trinajstić information content (AvgIpc) is 3.28. The molecule has 0 spiro atoms. The number of methoxy groups -OCH3 is 1. The molecule has 206 valence electrons. The summed E-state index contributed by atoms with van der Waals surface area (Å²) in [5, 5.41) is 2.83. The van der Waals surface area contributed by atoms with E-state index in [1.54, 1.807) is 11.4 Å². The molecule has 3 aliphatic heterocycles. The van der Waals surface area contributed by atoms with E-state index in [0.717, 1.165) is 13.0 Å². The fourth-order valence-corrected chi connectivity index (χ4v) is 8.46. The van der Waals surface area contributed by atoms with Crippen molar-refractivity contribution in [2.24, 2.45) is 0 Å². The fourth-order valence-electron chi connectivity index (χ4n) is 6.59. The highest BCUT2D eigenvalue weighted by atomic mass is 32.2. The minimum atomic E-state index is -3.52. The summed E-state index contributed by atoms with van der Waals surface area (Å²) in [5.41, 5.74) is 6.31. The van der Waals surface area contributed by atoms with Crippen molar-refractivity contribution in [1.82, 2.24) is 19.4 Å². The number of nitrogens with one attached hydrogen (secondary N) is 1. The van der Waals surface area contributed by atoms with Crippen LogP contribution in [-0.4, -0.2) is 93.1 Å². The van der Waals surface area contributed by atoms with Gasteiger partial charge in [0.1, 0.15) is 5.37 Å². The van der Waals surface area contributed by atoms with Crippen LogP contribution in [0.5, 0.6) is 0 Å². The van der Waals surface area contributed by atoms with Crippen molar-refractivity contribution in [1.29, 1.82) is 0 Å². The summed E-state index contributed by atoms with van der Waals surface area (Å²) in [4.78, 5) is 4.39. The number of nitrogens with zero attached hydrogens (tertiary/aromatic N) is 3. The zero-order valence-corrected chi connectivity index (χ0v) is 24.1. The number of sulfonamides is 1. The summed E-state index contributed by atoms with van der Waals surface area (Å²) in [6.07, 6.45) is 5.08. The van der Waals surface area contributed by atoms with E-state index in [9.17, 15) is 8.42 Å². The van der Waals surface area contributed by atoms with Gasteiger partial charge in [-0.15, -0.1) is 0 Å². The van der Waals surface area contributed by atoms with Crippen LogP contribution in [0, 0.1) is 13.8 Å². The molecule has 0 saturated carbocycles. The summed E-state index contributed by atoms with van der Waals surface area (Å²) in [7, 11) is 0.150. The Morgan fingerprint density at radius 2 is 1.79 bits per heavy atom. The zero-order chi connectivity index (χ0) is 27.0. The van der Waals surface area contributed by atoms with E-state index in [2.05, 4.69) is 79.5 Å². The molecule has 2 fully saturated rings. The molecular formula is C30H42N4O3S. The van der Waals surface area contributed by atoms with Gasteiger partial charge >= 0.3 is 0 Å². The SMILES string of the molecule is CCC1NCC(S(=O)(=O)N2C/C=C\CN3C(COC)[C@@H](c4ccc(-c5cccc(C)c5C)cc4)[C@@H]3C2)N1C. The van der Waals surface area contributed by atoms with E-state index >= 15 is 0 Å². The Hall–Kier alpha value is -2.07. The first-order chi connectivity index (χ1) is 18.3.